The molecule has 0 radical (unpaired) electrons. The number of rotatable bonds is 4. The molecule has 1 aromatic rings. The molecule has 0 aliphatic rings. The minimum Gasteiger partial charge on any atom is -0.361 e. The molecule has 0 saturated carbocycles. The van der Waals surface area contributed by atoms with E-state index in [0.717, 1.165) is 0 Å². The van der Waals surface area contributed by atoms with E-state index in [4.69, 9.17) is 0 Å². The van der Waals surface area contributed by atoms with Crippen LogP contribution in [-0.4, -0.2) is 13.0 Å². The van der Waals surface area contributed by atoms with Crippen molar-refractivity contribution < 1.29 is 23.7 Å². The van der Waals surface area contributed by atoms with E-state index in [2.05, 4.69) is 38.2 Å². The number of hydrogen-bond donors (Lipinski definition) is 1. The summed E-state index contributed by atoms with van der Waals surface area (Å²) in [5.74, 6) is 2.00. The minimum absolute atomic E-state index is 0. The first kappa shape index (κ1) is 16.6. The number of carbonyl (C=O) groups excluding carboxylic acids is 1. The van der Waals surface area contributed by atoms with Crippen molar-refractivity contribution in [3.8, 4) is 0 Å². The van der Waals surface area contributed by atoms with Crippen LogP contribution in [-0.2, 0) is 4.79 Å². The number of nitrogens with one attached hydrogen (secondary N) is 1. The average Bonchev–Trinajstić information content (AvgIpc) is 2.21. The summed E-state index contributed by atoms with van der Waals surface area (Å²) in [5, 5.41) is 2.61. The van der Waals surface area contributed by atoms with E-state index in [0.29, 0.717) is 6.42 Å². The monoisotopic (exact) mass is 243 g/mol. The maximum Gasteiger partial charge on any atom is 1.00 e. The zero-order valence-electron chi connectivity index (χ0n) is 11.3. The predicted octanol–water partition coefficient (Wildman–Crippen LogP) is 0.00585. The Morgan fingerprint density at radius 3 is 2.29 bits per heavy atom. The topological polar surface area (TPSA) is 29.1 Å². The maximum atomic E-state index is 11.1. The fourth-order valence-corrected chi connectivity index (χ4v) is 2.55. The molecule has 1 amide bonds. The molecule has 0 bridgehead atoms. The van der Waals surface area contributed by atoms with E-state index in [-0.39, 0.29) is 24.8 Å². The molecule has 0 atom stereocenters. The second-order valence-electron chi connectivity index (χ2n) is 3.89. The Kier molecular flexibility index (Phi) is 7.70. The van der Waals surface area contributed by atoms with Gasteiger partial charge in [-0.15, -0.1) is 0 Å². The molecule has 0 heterocycles. The van der Waals surface area contributed by atoms with E-state index in [1.807, 2.05) is 5.75 Å². The molecule has 2 nitrogen and oxygen atoms in total. The van der Waals surface area contributed by atoms with Crippen LogP contribution >= 0.6 is 11.8 Å². The molecule has 0 aliphatic carbocycles. The fraction of sp³-hybridized carbons (Fsp3) is 0.385. The molecule has 1 N–H and O–H groups in total. The number of hydrogen-bond acceptors (Lipinski definition) is 2. The van der Waals surface area contributed by atoms with Crippen molar-refractivity contribution in [2.75, 3.05) is 7.05 Å². The van der Waals surface area contributed by atoms with Gasteiger partial charge in [-0.3, -0.25) is 10.5 Å². The smallest absolute Gasteiger partial charge is 0.361 e. The zero-order valence-corrected chi connectivity index (χ0v) is 12.1. The molecule has 4 heteroatoms. The van der Waals surface area contributed by atoms with Gasteiger partial charge < -0.3 is 17.1 Å². The molecule has 0 unspecified atom stereocenters. The van der Waals surface area contributed by atoms with Gasteiger partial charge in [-0.25, -0.2) is 0 Å². The van der Waals surface area contributed by atoms with Gasteiger partial charge in [0.15, 0.2) is 5.91 Å². The van der Waals surface area contributed by atoms with E-state index in [1.54, 1.807) is 18.8 Å². The quantitative estimate of drug-likeness (QED) is 0.458. The third-order valence-corrected chi connectivity index (χ3v) is 3.57. The van der Waals surface area contributed by atoms with Crippen LogP contribution in [0, 0.1) is 26.5 Å². The molecule has 0 aromatic heterocycles. The maximum absolute atomic E-state index is 11.1. The standard InChI is InChI=1S/C13H18NOS.Li/c1-9-7-10(2)13(11(3)8-9)16-6-5-12(15)14-4;/h6-8H,5H2,1-4H3,(H,14,15);/q-1;+1. The van der Waals surface area contributed by atoms with Gasteiger partial charge in [0.25, 0.3) is 0 Å². The van der Waals surface area contributed by atoms with Gasteiger partial charge >= 0.3 is 18.9 Å². The summed E-state index contributed by atoms with van der Waals surface area (Å²) in [4.78, 5) is 12.3. The Morgan fingerprint density at radius 2 is 1.82 bits per heavy atom. The Labute approximate surface area is 120 Å². The molecule has 0 fully saturated rings. The summed E-state index contributed by atoms with van der Waals surface area (Å²) in [7, 11) is 1.66. The molecule has 88 valence electrons. The summed E-state index contributed by atoms with van der Waals surface area (Å²) in [6.07, 6.45) is 0.452. The van der Waals surface area contributed by atoms with Crippen LogP contribution in [0.3, 0.4) is 0 Å². The summed E-state index contributed by atoms with van der Waals surface area (Å²) in [6, 6.07) is 4.34. The van der Waals surface area contributed by atoms with Crippen LogP contribution in [0.15, 0.2) is 17.0 Å². The second-order valence-corrected chi connectivity index (χ2v) is 4.87. The molecular formula is C13H18LiNOS. The normalized spacial score (nSPS) is 9.65. The van der Waals surface area contributed by atoms with Gasteiger partial charge in [-0.1, -0.05) is 24.1 Å². The van der Waals surface area contributed by atoms with Crippen LogP contribution in [0.4, 0.5) is 0 Å². The molecule has 0 saturated heterocycles. The van der Waals surface area contributed by atoms with Crippen molar-refractivity contribution >= 4 is 17.7 Å². The van der Waals surface area contributed by atoms with Crippen molar-refractivity contribution in [1.29, 1.82) is 0 Å². The molecule has 17 heavy (non-hydrogen) atoms. The molecule has 0 aliphatic heterocycles. The van der Waals surface area contributed by atoms with Gasteiger partial charge in [0.2, 0.25) is 0 Å². The number of thioether (sulfide) groups is 1. The number of benzene rings is 1. The first-order valence-electron chi connectivity index (χ1n) is 5.31. The van der Waals surface area contributed by atoms with E-state index >= 15 is 0 Å². The van der Waals surface area contributed by atoms with Gasteiger partial charge in [0.05, 0.1) is 0 Å². The van der Waals surface area contributed by atoms with E-state index in [9.17, 15) is 4.79 Å². The number of carbonyl (C=O) groups is 1. The third-order valence-electron chi connectivity index (χ3n) is 2.35. The Hall–Kier alpha value is -0.363. The summed E-state index contributed by atoms with van der Waals surface area (Å²) in [5.41, 5.74) is 3.83. The zero-order chi connectivity index (χ0) is 12.1. The van der Waals surface area contributed by atoms with Crippen molar-refractivity contribution in [2.45, 2.75) is 32.1 Å². The first-order chi connectivity index (χ1) is 7.54. The minimum atomic E-state index is 0. The molecule has 0 spiro atoms. The second kappa shape index (κ2) is 7.87. The average molecular weight is 243 g/mol. The van der Waals surface area contributed by atoms with Crippen LogP contribution in [0.25, 0.3) is 0 Å². The van der Waals surface area contributed by atoms with Crippen LogP contribution in [0.2, 0.25) is 0 Å². The molecule has 1 rings (SSSR count). The Morgan fingerprint density at radius 1 is 1.29 bits per heavy atom. The first-order valence-corrected chi connectivity index (χ1v) is 6.19. The van der Waals surface area contributed by atoms with Crippen LogP contribution in [0.5, 0.6) is 0 Å². The summed E-state index contributed by atoms with van der Waals surface area (Å²) in [6.45, 7) is 6.31. The van der Waals surface area contributed by atoms with Gasteiger partial charge in [-0.2, -0.15) is 0 Å². The molecular weight excluding hydrogens is 225 g/mol. The van der Waals surface area contributed by atoms with E-state index in [1.165, 1.54) is 21.6 Å². The van der Waals surface area contributed by atoms with Crippen molar-refractivity contribution in [3.05, 3.63) is 34.6 Å². The fourth-order valence-electron chi connectivity index (χ4n) is 1.66. The summed E-state index contributed by atoms with van der Waals surface area (Å²) >= 11 is 1.64. The van der Waals surface area contributed by atoms with Crippen molar-refractivity contribution in [3.63, 3.8) is 0 Å². The van der Waals surface area contributed by atoms with Crippen molar-refractivity contribution in [2.24, 2.45) is 0 Å². The van der Waals surface area contributed by atoms with Crippen molar-refractivity contribution in [1.82, 2.24) is 5.32 Å². The summed E-state index contributed by atoms with van der Waals surface area (Å²) < 4.78 is 0. The Bertz CT molecular complexity index is 370. The SMILES string of the molecule is CNC(=O)C[CH-]Sc1c(C)cc(C)cc1C.[Li+]. The Balaban J connectivity index is 0.00000256. The van der Waals surface area contributed by atoms with E-state index < -0.39 is 0 Å². The number of amides is 1. The predicted molar refractivity (Wildman–Crippen MR) is 69.5 cm³/mol. The van der Waals surface area contributed by atoms with Crippen LogP contribution in [0.1, 0.15) is 23.1 Å². The largest absolute Gasteiger partial charge is 1.00 e. The van der Waals surface area contributed by atoms with Gasteiger partial charge in [0.1, 0.15) is 0 Å². The molecule has 1 aromatic carbocycles. The van der Waals surface area contributed by atoms with Crippen LogP contribution < -0.4 is 24.2 Å². The van der Waals surface area contributed by atoms with Gasteiger partial charge in [-0.05, 0) is 36.8 Å². The van der Waals surface area contributed by atoms with Gasteiger partial charge in [0, 0.05) is 7.05 Å². The third kappa shape index (κ3) is 5.21. The number of aryl methyl sites for hydroxylation is 3.